The van der Waals surface area contributed by atoms with Gasteiger partial charge < -0.3 is 9.88 Å². The van der Waals surface area contributed by atoms with E-state index in [0.717, 1.165) is 35.0 Å². The second-order valence-corrected chi connectivity index (χ2v) is 4.02. The lowest BCUT2D eigenvalue weighted by molar-refractivity contribution is 0.0783. The van der Waals surface area contributed by atoms with E-state index in [-0.39, 0.29) is 5.91 Å². The number of aromatic nitrogens is 1. The number of aromatic amines is 1. The molecular formula is C12H12N2O. The van der Waals surface area contributed by atoms with Crippen LogP contribution in [0.2, 0.25) is 0 Å². The number of rotatable bonds is 0. The highest BCUT2D eigenvalue weighted by atomic mass is 16.2. The quantitative estimate of drug-likeness (QED) is 0.691. The molecule has 2 aromatic rings. The van der Waals surface area contributed by atoms with Crippen LogP contribution in [0.4, 0.5) is 0 Å². The third-order valence-electron chi connectivity index (χ3n) is 3.09. The first kappa shape index (κ1) is 8.53. The Morgan fingerprint density at radius 1 is 1.33 bits per heavy atom. The highest BCUT2D eigenvalue weighted by molar-refractivity contribution is 6.07. The van der Waals surface area contributed by atoms with Crippen molar-refractivity contribution in [3.8, 4) is 0 Å². The van der Waals surface area contributed by atoms with E-state index >= 15 is 0 Å². The van der Waals surface area contributed by atoms with E-state index in [0.29, 0.717) is 0 Å². The van der Waals surface area contributed by atoms with Gasteiger partial charge in [0.05, 0.1) is 11.1 Å². The average Bonchev–Trinajstić information content (AvgIpc) is 2.70. The summed E-state index contributed by atoms with van der Waals surface area (Å²) in [5.74, 6) is 0.129. The van der Waals surface area contributed by atoms with Crippen molar-refractivity contribution in [1.29, 1.82) is 0 Å². The minimum Gasteiger partial charge on any atom is -0.361 e. The van der Waals surface area contributed by atoms with Crippen molar-refractivity contribution in [3.05, 3.63) is 35.5 Å². The van der Waals surface area contributed by atoms with E-state index in [2.05, 4.69) is 17.1 Å². The van der Waals surface area contributed by atoms with Crippen molar-refractivity contribution in [2.75, 3.05) is 13.6 Å². The molecule has 0 aliphatic carbocycles. The van der Waals surface area contributed by atoms with Crippen LogP contribution in [0.5, 0.6) is 0 Å². The van der Waals surface area contributed by atoms with E-state index in [1.165, 1.54) is 0 Å². The lowest BCUT2D eigenvalue weighted by Crippen LogP contribution is -2.34. The molecule has 0 radical (unpaired) electrons. The summed E-state index contributed by atoms with van der Waals surface area (Å²) in [6, 6.07) is 6.14. The molecule has 2 heterocycles. The zero-order valence-electron chi connectivity index (χ0n) is 8.58. The molecule has 1 aromatic heterocycles. The van der Waals surface area contributed by atoms with Gasteiger partial charge in [-0.2, -0.15) is 0 Å². The standard InChI is InChI=1S/C12H12N2O/c1-14-7-5-8-2-3-9-4-6-13-11(9)10(8)12(14)15/h2-4,6,13H,5,7H2,1H3. The van der Waals surface area contributed by atoms with Crippen LogP contribution in [0.3, 0.4) is 0 Å². The minimum atomic E-state index is 0.129. The summed E-state index contributed by atoms with van der Waals surface area (Å²) in [7, 11) is 1.85. The Balaban J connectivity index is 2.35. The highest BCUT2D eigenvalue weighted by Gasteiger charge is 2.23. The fraction of sp³-hybridized carbons (Fsp3) is 0.250. The van der Waals surface area contributed by atoms with Crippen LogP contribution in [-0.2, 0) is 6.42 Å². The van der Waals surface area contributed by atoms with Gasteiger partial charge in [0, 0.05) is 25.2 Å². The Hall–Kier alpha value is -1.77. The first-order chi connectivity index (χ1) is 7.27. The van der Waals surface area contributed by atoms with Gasteiger partial charge in [0.1, 0.15) is 0 Å². The maximum absolute atomic E-state index is 12.0. The Labute approximate surface area is 87.7 Å². The predicted octanol–water partition coefficient (Wildman–Crippen LogP) is 1.80. The number of hydrogen-bond donors (Lipinski definition) is 1. The molecule has 0 saturated carbocycles. The minimum absolute atomic E-state index is 0.129. The van der Waals surface area contributed by atoms with Crippen LogP contribution in [-0.4, -0.2) is 29.4 Å². The topological polar surface area (TPSA) is 36.1 Å². The molecule has 3 nitrogen and oxygen atoms in total. The summed E-state index contributed by atoms with van der Waals surface area (Å²) in [5.41, 5.74) is 2.99. The predicted molar refractivity (Wildman–Crippen MR) is 59.0 cm³/mol. The third-order valence-corrected chi connectivity index (χ3v) is 3.09. The third kappa shape index (κ3) is 1.09. The first-order valence-corrected chi connectivity index (χ1v) is 5.12. The summed E-state index contributed by atoms with van der Waals surface area (Å²) < 4.78 is 0. The van der Waals surface area contributed by atoms with Crippen molar-refractivity contribution in [2.24, 2.45) is 0 Å². The number of fused-ring (bicyclic) bond motifs is 3. The number of benzene rings is 1. The summed E-state index contributed by atoms with van der Waals surface area (Å²) >= 11 is 0. The summed E-state index contributed by atoms with van der Waals surface area (Å²) in [6.07, 6.45) is 2.83. The number of H-pyrrole nitrogens is 1. The molecule has 0 bridgehead atoms. The van der Waals surface area contributed by atoms with E-state index in [9.17, 15) is 4.79 Å². The molecule has 0 atom stereocenters. The smallest absolute Gasteiger partial charge is 0.256 e. The largest absolute Gasteiger partial charge is 0.361 e. The van der Waals surface area contributed by atoms with Gasteiger partial charge >= 0.3 is 0 Å². The van der Waals surface area contributed by atoms with Gasteiger partial charge in [0.15, 0.2) is 0 Å². The van der Waals surface area contributed by atoms with Crippen LogP contribution in [0.1, 0.15) is 15.9 Å². The van der Waals surface area contributed by atoms with Gasteiger partial charge in [-0.25, -0.2) is 0 Å². The molecule has 1 aliphatic rings. The van der Waals surface area contributed by atoms with E-state index in [1.807, 2.05) is 19.3 Å². The van der Waals surface area contributed by atoms with Gasteiger partial charge in [0.25, 0.3) is 5.91 Å². The van der Waals surface area contributed by atoms with Crippen LogP contribution in [0, 0.1) is 0 Å². The van der Waals surface area contributed by atoms with Gasteiger partial charge in [0.2, 0.25) is 0 Å². The van der Waals surface area contributed by atoms with Crippen LogP contribution in [0.15, 0.2) is 24.4 Å². The Kier molecular flexibility index (Phi) is 1.63. The van der Waals surface area contributed by atoms with Crippen molar-refractivity contribution in [3.63, 3.8) is 0 Å². The second-order valence-electron chi connectivity index (χ2n) is 4.02. The van der Waals surface area contributed by atoms with Crippen molar-refractivity contribution in [1.82, 2.24) is 9.88 Å². The zero-order chi connectivity index (χ0) is 10.4. The molecule has 15 heavy (non-hydrogen) atoms. The SMILES string of the molecule is CN1CCc2ccc3cc[nH]c3c2C1=O. The van der Waals surface area contributed by atoms with E-state index in [4.69, 9.17) is 0 Å². The van der Waals surface area contributed by atoms with Crippen LogP contribution >= 0.6 is 0 Å². The lowest BCUT2D eigenvalue weighted by Gasteiger charge is -2.25. The Morgan fingerprint density at radius 3 is 3.07 bits per heavy atom. The maximum atomic E-state index is 12.0. The molecular weight excluding hydrogens is 188 g/mol. The molecule has 0 saturated heterocycles. The highest BCUT2D eigenvalue weighted by Crippen LogP contribution is 2.25. The number of carbonyl (C=O) groups is 1. The number of hydrogen-bond acceptors (Lipinski definition) is 1. The molecule has 3 heteroatoms. The monoisotopic (exact) mass is 200 g/mol. The number of likely N-dealkylation sites (N-methyl/N-ethyl adjacent to an activating group) is 1. The lowest BCUT2D eigenvalue weighted by atomic mass is 9.97. The van der Waals surface area contributed by atoms with E-state index in [1.54, 1.807) is 4.90 Å². The van der Waals surface area contributed by atoms with Gasteiger partial charge in [-0.1, -0.05) is 12.1 Å². The fourth-order valence-corrected chi connectivity index (χ4v) is 2.20. The number of amides is 1. The Morgan fingerprint density at radius 2 is 2.20 bits per heavy atom. The molecule has 0 unspecified atom stereocenters. The van der Waals surface area contributed by atoms with Crippen molar-refractivity contribution < 1.29 is 4.79 Å². The van der Waals surface area contributed by atoms with Crippen LogP contribution in [0.25, 0.3) is 10.9 Å². The number of nitrogens with zero attached hydrogens (tertiary/aromatic N) is 1. The van der Waals surface area contributed by atoms with E-state index < -0.39 is 0 Å². The molecule has 1 aliphatic heterocycles. The number of carbonyl (C=O) groups excluding carboxylic acids is 1. The Bertz CT molecular complexity index is 542. The van der Waals surface area contributed by atoms with Gasteiger partial charge in [-0.15, -0.1) is 0 Å². The van der Waals surface area contributed by atoms with Crippen molar-refractivity contribution >= 4 is 16.8 Å². The summed E-state index contributed by atoms with van der Waals surface area (Å²) in [5, 5.41) is 1.11. The molecule has 1 amide bonds. The normalized spacial score (nSPS) is 15.8. The van der Waals surface area contributed by atoms with Gasteiger partial charge in [-0.05, 0) is 18.1 Å². The molecule has 76 valence electrons. The molecule has 0 spiro atoms. The average molecular weight is 200 g/mol. The molecule has 1 aromatic carbocycles. The maximum Gasteiger partial charge on any atom is 0.256 e. The van der Waals surface area contributed by atoms with Gasteiger partial charge in [-0.3, -0.25) is 4.79 Å². The molecule has 1 N–H and O–H groups in total. The molecule has 0 fully saturated rings. The number of nitrogens with one attached hydrogen (secondary N) is 1. The zero-order valence-corrected chi connectivity index (χ0v) is 8.58. The van der Waals surface area contributed by atoms with Crippen molar-refractivity contribution in [2.45, 2.75) is 6.42 Å². The fourth-order valence-electron chi connectivity index (χ4n) is 2.20. The summed E-state index contributed by atoms with van der Waals surface area (Å²) in [6.45, 7) is 0.818. The molecule has 3 rings (SSSR count). The second kappa shape index (κ2) is 2.86. The van der Waals surface area contributed by atoms with Crippen LogP contribution < -0.4 is 0 Å². The first-order valence-electron chi connectivity index (χ1n) is 5.12. The summed E-state index contributed by atoms with van der Waals surface area (Å²) in [4.78, 5) is 17.0.